The van der Waals surface area contributed by atoms with Crippen molar-refractivity contribution in [2.24, 2.45) is 0 Å². The van der Waals surface area contributed by atoms with Crippen LogP contribution in [0.2, 0.25) is 8.67 Å². The van der Waals surface area contributed by atoms with Crippen LogP contribution in [-0.2, 0) is 21.2 Å². The van der Waals surface area contributed by atoms with E-state index in [4.69, 9.17) is 32.4 Å². The lowest BCUT2D eigenvalue weighted by molar-refractivity contribution is -0.118. The summed E-state index contributed by atoms with van der Waals surface area (Å²) in [4.78, 5) is 11.9. The monoisotopic (exact) mass is 419 g/mol. The Morgan fingerprint density at radius 3 is 2.72 bits per heavy atom. The number of furan rings is 1. The number of benzene rings is 1. The number of carbonyl (C=O) groups is 1. The van der Waals surface area contributed by atoms with E-state index in [1.165, 1.54) is 19.4 Å². The Bertz CT molecular complexity index is 1060. The number of fused-ring (bicyclic) bond motifs is 1. The largest absolute Gasteiger partial charge is 0.497 e. The zero-order valence-corrected chi connectivity index (χ0v) is 15.9. The van der Waals surface area contributed by atoms with E-state index in [0.717, 1.165) is 11.3 Å². The standard InChI is InChI=1S/C15H11Cl2NO5S2/c1-22-9-2-3-10-8(7-23-11(10)5-9)4-14(19)18-25(20,21)12-6-13(16)24-15(12)17/h2-3,5-7H,4H2,1H3,(H,18,19). The Morgan fingerprint density at radius 2 is 2.08 bits per heavy atom. The Kier molecular flexibility index (Phi) is 4.97. The molecule has 2 aromatic heterocycles. The van der Waals surface area contributed by atoms with Gasteiger partial charge in [-0.05, 0) is 18.2 Å². The molecule has 0 bridgehead atoms. The van der Waals surface area contributed by atoms with Gasteiger partial charge in [0.2, 0.25) is 5.91 Å². The molecular formula is C15H11Cl2NO5S2. The first-order valence-corrected chi connectivity index (χ1v) is 9.90. The number of carbonyl (C=O) groups excluding carboxylic acids is 1. The van der Waals surface area contributed by atoms with Gasteiger partial charge in [-0.15, -0.1) is 11.3 Å². The van der Waals surface area contributed by atoms with Crippen LogP contribution < -0.4 is 9.46 Å². The number of hydrogen-bond acceptors (Lipinski definition) is 6. The Morgan fingerprint density at radius 1 is 1.32 bits per heavy atom. The molecular weight excluding hydrogens is 409 g/mol. The van der Waals surface area contributed by atoms with Gasteiger partial charge in [0.1, 0.15) is 20.6 Å². The average Bonchev–Trinajstić information content (AvgIpc) is 3.09. The number of sulfonamides is 1. The number of ether oxygens (including phenoxy) is 1. The fraction of sp³-hybridized carbons (Fsp3) is 0.133. The summed E-state index contributed by atoms with van der Waals surface area (Å²) >= 11 is 12.5. The SMILES string of the molecule is COc1ccc2c(CC(=O)NS(=O)(=O)c3cc(Cl)sc3Cl)coc2c1. The molecule has 1 N–H and O–H groups in total. The minimum absolute atomic E-state index is 0.00819. The van der Waals surface area contributed by atoms with Crippen LogP contribution in [0.15, 0.2) is 39.8 Å². The van der Waals surface area contributed by atoms with Gasteiger partial charge in [0.25, 0.3) is 10.0 Å². The molecule has 25 heavy (non-hydrogen) atoms. The third-order valence-electron chi connectivity index (χ3n) is 3.38. The molecule has 132 valence electrons. The van der Waals surface area contributed by atoms with E-state index < -0.39 is 15.9 Å². The molecule has 0 saturated heterocycles. The minimum atomic E-state index is -4.09. The Balaban J connectivity index is 1.80. The van der Waals surface area contributed by atoms with E-state index >= 15 is 0 Å². The maximum Gasteiger partial charge on any atom is 0.266 e. The van der Waals surface area contributed by atoms with Crippen molar-refractivity contribution < 1.29 is 22.4 Å². The molecule has 2 heterocycles. The van der Waals surface area contributed by atoms with Gasteiger partial charge in [-0.25, -0.2) is 13.1 Å². The van der Waals surface area contributed by atoms with Crippen LogP contribution in [0.3, 0.4) is 0 Å². The molecule has 0 fully saturated rings. The number of rotatable bonds is 5. The van der Waals surface area contributed by atoms with Crippen molar-refractivity contribution in [3.63, 3.8) is 0 Å². The number of halogens is 2. The lowest BCUT2D eigenvalue weighted by Crippen LogP contribution is -2.31. The number of methoxy groups -OCH3 is 1. The highest BCUT2D eigenvalue weighted by molar-refractivity contribution is 7.90. The summed E-state index contributed by atoms with van der Waals surface area (Å²) in [5, 5.41) is 0.699. The van der Waals surface area contributed by atoms with E-state index in [2.05, 4.69) is 0 Å². The zero-order valence-electron chi connectivity index (χ0n) is 12.7. The fourth-order valence-corrected chi connectivity index (χ4v) is 5.38. The highest BCUT2D eigenvalue weighted by atomic mass is 35.5. The topological polar surface area (TPSA) is 85.6 Å². The van der Waals surface area contributed by atoms with Crippen molar-refractivity contribution in [1.29, 1.82) is 0 Å². The second-order valence-corrected chi connectivity index (χ2v) is 8.95. The minimum Gasteiger partial charge on any atom is -0.497 e. The van der Waals surface area contributed by atoms with Crippen LogP contribution >= 0.6 is 34.5 Å². The highest BCUT2D eigenvalue weighted by Crippen LogP contribution is 2.34. The first-order chi connectivity index (χ1) is 11.8. The molecule has 0 saturated carbocycles. The molecule has 10 heteroatoms. The maximum atomic E-state index is 12.2. The molecule has 3 aromatic rings. The summed E-state index contributed by atoms with van der Waals surface area (Å²) in [5.74, 6) is -0.0960. The molecule has 0 aliphatic rings. The maximum absolute atomic E-state index is 12.2. The molecule has 1 amide bonds. The van der Waals surface area contributed by atoms with E-state index in [-0.39, 0.29) is 20.0 Å². The Hall–Kier alpha value is -1.74. The summed E-state index contributed by atoms with van der Waals surface area (Å²) < 4.78 is 37.2. The van der Waals surface area contributed by atoms with E-state index in [9.17, 15) is 13.2 Å². The van der Waals surface area contributed by atoms with Gasteiger partial charge in [-0.3, -0.25) is 4.79 Å². The van der Waals surface area contributed by atoms with Crippen molar-refractivity contribution in [3.05, 3.63) is 44.8 Å². The van der Waals surface area contributed by atoms with Gasteiger partial charge < -0.3 is 9.15 Å². The molecule has 6 nitrogen and oxygen atoms in total. The van der Waals surface area contributed by atoms with Crippen LogP contribution in [0, 0.1) is 0 Å². The Labute approximate surface area is 157 Å². The summed E-state index contributed by atoms with van der Waals surface area (Å²) in [5.41, 5.74) is 1.09. The van der Waals surface area contributed by atoms with Crippen LogP contribution in [0.25, 0.3) is 11.0 Å². The molecule has 3 rings (SSSR count). The quantitative estimate of drug-likeness (QED) is 0.678. The lowest BCUT2D eigenvalue weighted by atomic mass is 10.1. The highest BCUT2D eigenvalue weighted by Gasteiger charge is 2.24. The summed E-state index contributed by atoms with van der Waals surface area (Å²) in [6, 6.07) is 6.34. The van der Waals surface area contributed by atoms with Gasteiger partial charge >= 0.3 is 0 Å². The van der Waals surface area contributed by atoms with Crippen LogP contribution in [0.1, 0.15) is 5.56 Å². The van der Waals surface area contributed by atoms with Crippen molar-refractivity contribution in [1.82, 2.24) is 4.72 Å². The van der Waals surface area contributed by atoms with Gasteiger partial charge in [0.05, 0.1) is 24.1 Å². The summed E-state index contributed by atoms with van der Waals surface area (Å²) in [7, 11) is -2.56. The third-order valence-corrected chi connectivity index (χ3v) is 6.50. The van der Waals surface area contributed by atoms with Crippen molar-refractivity contribution >= 4 is 61.4 Å². The van der Waals surface area contributed by atoms with Crippen LogP contribution in [0.4, 0.5) is 0 Å². The fourth-order valence-electron chi connectivity index (χ4n) is 2.25. The molecule has 1 aromatic carbocycles. The normalized spacial score (nSPS) is 11.6. The van der Waals surface area contributed by atoms with E-state index in [0.29, 0.717) is 22.3 Å². The van der Waals surface area contributed by atoms with Gasteiger partial charge in [-0.1, -0.05) is 23.2 Å². The van der Waals surface area contributed by atoms with E-state index in [1.807, 2.05) is 4.72 Å². The molecule has 0 spiro atoms. The predicted octanol–water partition coefficient (Wildman–Crippen LogP) is 3.86. The third kappa shape index (κ3) is 3.77. The second-order valence-electron chi connectivity index (χ2n) is 5.02. The number of thiophene rings is 1. The predicted molar refractivity (Wildman–Crippen MR) is 96.1 cm³/mol. The molecule has 0 radical (unpaired) electrons. The molecule has 0 atom stereocenters. The van der Waals surface area contributed by atoms with Crippen molar-refractivity contribution in [2.75, 3.05) is 7.11 Å². The first kappa shape index (κ1) is 18.1. The van der Waals surface area contributed by atoms with Crippen molar-refractivity contribution in [3.8, 4) is 5.75 Å². The second kappa shape index (κ2) is 6.87. The first-order valence-electron chi connectivity index (χ1n) is 6.85. The van der Waals surface area contributed by atoms with Gasteiger partial charge in [0, 0.05) is 17.0 Å². The van der Waals surface area contributed by atoms with Crippen LogP contribution in [-0.4, -0.2) is 21.4 Å². The van der Waals surface area contributed by atoms with Gasteiger partial charge in [-0.2, -0.15) is 0 Å². The molecule has 0 unspecified atom stereocenters. The number of nitrogens with one attached hydrogen (secondary N) is 1. The number of hydrogen-bond donors (Lipinski definition) is 1. The van der Waals surface area contributed by atoms with E-state index in [1.54, 1.807) is 18.2 Å². The number of amides is 1. The summed E-state index contributed by atoms with van der Waals surface area (Å²) in [6.45, 7) is 0. The van der Waals surface area contributed by atoms with Crippen LogP contribution in [0.5, 0.6) is 5.75 Å². The lowest BCUT2D eigenvalue weighted by Gasteiger charge is -2.05. The zero-order chi connectivity index (χ0) is 18.2. The van der Waals surface area contributed by atoms with Gasteiger partial charge in [0.15, 0.2) is 0 Å². The van der Waals surface area contributed by atoms with Crippen molar-refractivity contribution in [2.45, 2.75) is 11.3 Å². The average molecular weight is 420 g/mol. The summed E-state index contributed by atoms with van der Waals surface area (Å²) in [6.07, 6.45) is 1.23. The molecule has 0 aliphatic heterocycles. The smallest absolute Gasteiger partial charge is 0.266 e. The molecule has 0 aliphatic carbocycles.